The second kappa shape index (κ2) is 8.50. The number of carbonyl (C=O) groups is 2. The lowest BCUT2D eigenvalue weighted by atomic mass is 10.1. The summed E-state index contributed by atoms with van der Waals surface area (Å²) in [5.74, 6) is 1.20. The van der Waals surface area contributed by atoms with Gasteiger partial charge in [-0.05, 0) is 12.8 Å². The van der Waals surface area contributed by atoms with Crippen LogP contribution in [0.4, 0.5) is 5.69 Å². The molecule has 0 N–H and O–H groups in total. The summed E-state index contributed by atoms with van der Waals surface area (Å²) in [7, 11) is 4.62. The zero-order chi connectivity index (χ0) is 19.4. The summed E-state index contributed by atoms with van der Waals surface area (Å²) in [6, 6.07) is 3.50. The first-order valence-electron chi connectivity index (χ1n) is 9.48. The quantitative estimate of drug-likeness (QED) is 0.790. The second-order valence-corrected chi connectivity index (χ2v) is 7.03. The van der Waals surface area contributed by atoms with Gasteiger partial charge < -0.3 is 24.0 Å². The van der Waals surface area contributed by atoms with Gasteiger partial charge in [-0.1, -0.05) is 12.8 Å². The Kier molecular flexibility index (Phi) is 6.08. The van der Waals surface area contributed by atoms with Crippen LogP contribution in [-0.4, -0.2) is 57.7 Å². The van der Waals surface area contributed by atoms with E-state index in [0.717, 1.165) is 25.9 Å². The summed E-state index contributed by atoms with van der Waals surface area (Å²) in [4.78, 5) is 29.1. The van der Waals surface area contributed by atoms with E-state index < -0.39 is 0 Å². The number of anilines is 1. The number of carbonyl (C=O) groups excluding carboxylic acids is 2. The Hall–Kier alpha value is -2.44. The summed E-state index contributed by atoms with van der Waals surface area (Å²) in [5, 5.41) is 0. The van der Waals surface area contributed by atoms with Crippen molar-refractivity contribution in [2.24, 2.45) is 5.92 Å². The Morgan fingerprint density at radius 3 is 2.07 bits per heavy atom. The normalized spacial score (nSPS) is 20.4. The highest BCUT2D eigenvalue weighted by atomic mass is 16.5. The molecule has 2 amide bonds. The maximum Gasteiger partial charge on any atom is 0.228 e. The number of ether oxygens (including phenoxy) is 3. The molecule has 0 bridgehead atoms. The standard InChI is InChI=1S/C20H28N2O5/c1-25-16-11-15(12-17(26-2)19(16)27-3)22-13-14(10-18(22)23)20(24)21-8-6-4-5-7-9-21/h11-12,14H,4-10,13H2,1-3H3. The molecule has 0 aromatic heterocycles. The van der Waals surface area contributed by atoms with E-state index in [1.165, 1.54) is 20.0 Å². The van der Waals surface area contributed by atoms with E-state index in [1.54, 1.807) is 31.3 Å². The summed E-state index contributed by atoms with van der Waals surface area (Å²) in [5.41, 5.74) is 0.653. The fraction of sp³-hybridized carbons (Fsp3) is 0.600. The molecular weight excluding hydrogens is 348 g/mol. The van der Waals surface area contributed by atoms with E-state index in [4.69, 9.17) is 14.2 Å². The van der Waals surface area contributed by atoms with Crippen molar-refractivity contribution >= 4 is 17.5 Å². The van der Waals surface area contributed by atoms with Gasteiger partial charge in [0.25, 0.3) is 0 Å². The van der Waals surface area contributed by atoms with Crippen LogP contribution in [0.5, 0.6) is 17.2 Å². The molecule has 1 aromatic carbocycles. The van der Waals surface area contributed by atoms with Crippen LogP contribution in [0.3, 0.4) is 0 Å². The summed E-state index contributed by atoms with van der Waals surface area (Å²) >= 11 is 0. The van der Waals surface area contributed by atoms with Crippen molar-refractivity contribution in [3.63, 3.8) is 0 Å². The molecule has 0 aliphatic carbocycles. The van der Waals surface area contributed by atoms with E-state index >= 15 is 0 Å². The van der Waals surface area contributed by atoms with Gasteiger partial charge >= 0.3 is 0 Å². The van der Waals surface area contributed by atoms with Gasteiger partial charge in [-0.25, -0.2) is 0 Å². The zero-order valence-corrected chi connectivity index (χ0v) is 16.3. The third-order valence-electron chi connectivity index (χ3n) is 5.35. The van der Waals surface area contributed by atoms with E-state index in [0.29, 0.717) is 29.5 Å². The third-order valence-corrected chi connectivity index (χ3v) is 5.35. The molecule has 2 saturated heterocycles. The number of benzene rings is 1. The molecule has 2 heterocycles. The van der Waals surface area contributed by atoms with Gasteiger partial charge in [-0.2, -0.15) is 0 Å². The van der Waals surface area contributed by atoms with Crippen LogP contribution >= 0.6 is 0 Å². The minimum Gasteiger partial charge on any atom is -0.493 e. The Morgan fingerprint density at radius 1 is 0.963 bits per heavy atom. The lowest BCUT2D eigenvalue weighted by Crippen LogP contribution is -2.38. The molecule has 2 aliphatic rings. The maximum atomic E-state index is 12.9. The van der Waals surface area contributed by atoms with Crippen molar-refractivity contribution in [3.8, 4) is 17.2 Å². The van der Waals surface area contributed by atoms with E-state index in [2.05, 4.69) is 0 Å². The number of nitrogens with zero attached hydrogens (tertiary/aromatic N) is 2. The van der Waals surface area contributed by atoms with E-state index in [-0.39, 0.29) is 24.2 Å². The van der Waals surface area contributed by atoms with Crippen molar-refractivity contribution in [2.75, 3.05) is 45.9 Å². The van der Waals surface area contributed by atoms with Crippen molar-refractivity contribution in [2.45, 2.75) is 32.1 Å². The highest BCUT2D eigenvalue weighted by molar-refractivity contribution is 6.00. The van der Waals surface area contributed by atoms with Crippen LogP contribution in [0.1, 0.15) is 32.1 Å². The Balaban J connectivity index is 1.80. The lowest BCUT2D eigenvalue weighted by molar-refractivity contribution is -0.135. The van der Waals surface area contributed by atoms with Crippen molar-refractivity contribution in [3.05, 3.63) is 12.1 Å². The summed E-state index contributed by atoms with van der Waals surface area (Å²) in [6.07, 6.45) is 4.67. The van der Waals surface area contributed by atoms with Gasteiger partial charge in [0.2, 0.25) is 17.6 Å². The number of likely N-dealkylation sites (tertiary alicyclic amines) is 1. The molecule has 7 heteroatoms. The predicted octanol–water partition coefficient (Wildman–Crippen LogP) is 2.47. The number of hydrogen-bond donors (Lipinski definition) is 0. The highest BCUT2D eigenvalue weighted by Crippen LogP contribution is 2.42. The Bertz CT molecular complexity index is 673. The third kappa shape index (κ3) is 3.96. The van der Waals surface area contributed by atoms with Crippen LogP contribution in [0.15, 0.2) is 12.1 Å². The molecule has 148 valence electrons. The van der Waals surface area contributed by atoms with Crippen LogP contribution in [0, 0.1) is 5.92 Å². The molecule has 1 aromatic rings. The molecule has 0 saturated carbocycles. The smallest absolute Gasteiger partial charge is 0.228 e. The Morgan fingerprint density at radius 2 is 1.56 bits per heavy atom. The van der Waals surface area contributed by atoms with Gasteiger partial charge in [0, 0.05) is 38.2 Å². The lowest BCUT2D eigenvalue weighted by Gasteiger charge is -2.24. The molecule has 1 unspecified atom stereocenters. The average Bonchev–Trinajstić information content (AvgIpc) is 2.90. The van der Waals surface area contributed by atoms with Gasteiger partial charge in [0.1, 0.15) is 0 Å². The second-order valence-electron chi connectivity index (χ2n) is 7.03. The van der Waals surface area contributed by atoms with Gasteiger partial charge in [-0.15, -0.1) is 0 Å². The van der Waals surface area contributed by atoms with E-state index in [1.807, 2.05) is 4.90 Å². The first-order chi connectivity index (χ1) is 13.1. The SMILES string of the molecule is COc1cc(N2CC(C(=O)N3CCCCCC3)CC2=O)cc(OC)c1OC. The summed E-state index contributed by atoms with van der Waals surface area (Å²) < 4.78 is 16.1. The molecule has 1 atom stereocenters. The molecule has 3 rings (SSSR count). The minimum atomic E-state index is -0.297. The zero-order valence-electron chi connectivity index (χ0n) is 16.3. The van der Waals surface area contributed by atoms with Crippen molar-refractivity contribution in [1.29, 1.82) is 0 Å². The molecule has 7 nitrogen and oxygen atoms in total. The maximum absolute atomic E-state index is 12.9. The van der Waals surface area contributed by atoms with Crippen LogP contribution in [0.2, 0.25) is 0 Å². The summed E-state index contributed by atoms with van der Waals surface area (Å²) in [6.45, 7) is 1.98. The van der Waals surface area contributed by atoms with Crippen molar-refractivity contribution < 1.29 is 23.8 Å². The number of methoxy groups -OCH3 is 3. The Labute approximate surface area is 160 Å². The van der Waals surface area contributed by atoms with E-state index in [9.17, 15) is 9.59 Å². The molecule has 0 radical (unpaired) electrons. The van der Waals surface area contributed by atoms with Gasteiger partial charge in [-0.3, -0.25) is 9.59 Å². The molecule has 27 heavy (non-hydrogen) atoms. The highest BCUT2D eigenvalue weighted by Gasteiger charge is 2.38. The van der Waals surface area contributed by atoms with Gasteiger partial charge in [0.05, 0.1) is 32.9 Å². The van der Waals surface area contributed by atoms with Crippen LogP contribution in [-0.2, 0) is 9.59 Å². The fourth-order valence-electron chi connectivity index (χ4n) is 3.89. The molecule has 2 fully saturated rings. The number of amides is 2. The van der Waals surface area contributed by atoms with Crippen molar-refractivity contribution in [1.82, 2.24) is 4.90 Å². The van der Waals surface area contributed by atoms with Crippen LogP contribution in [0.25, 0.3) is 0 Å². The van der Waals surface area contributed by atoms with Gasteiger partial charge in [0.15, 0.2) is 11.5 Å². The molecular formula is C20H28N2O5. The first kappa shape index (κ1) is 19.3. The monoisotopic (exact) mass is 376 g/mol. The first-order valence-corrected chi connectivity index (χ1v) is 9.48. The number of rotatable bonds is 5. The topological polar surface area (TPSA) is 68.3 Å². The largest absolute Gasteiger partial charge is 0.493 e. The van der Waals surface area contributed by atoms with Crippen LogP contribution < -0.4 is 19.1 Å². The fourth-order valence-corrected chi connectivity index (χ4v) is 3.89. The molecule has 2 aliphatic heterocycles. The molecule has 0 spiro atoms. The number of hydrogen-bond acceptors (Lipinski definition) is 5. The average molecular weight is 376 g/mol. The minimum absolute atomic E-state index is 0.0579. The predicted molar refractivity (Wildman–Crippen MR) is 102 cm³/mol.